The van der Waals surface area contributed by atoms with E-state index >= 15 is 0 Å². The number of imidazole rings is 1. The molecule has 2 aromatic heterocycles. The number of anilines is 3. The summed E-state index contributed by atoms with van der Waals surface area (Å²) in [6, 6.07) is 12.2. The monoisotopic (exact) mass is 1120 g/mol. The predicted octanol–water partition coefficient (Wildman–Crippen LogP) is 0.720. The van der Waals surface area contributed by atoms with Gasteiger partial charge in [-0.1, -0.05) is 49.9 Å². The molecular weight excluding hydrogens is 1050 g/mol. The molecule has 2 aliphatic heterocycles. The van der Waals surface area contributed by atoms with Gasteiger partial charge in [0.15, 0.2) is 17.6 Å². The van der Waals surface area contributed by atoms with Crippen LogP contribution in [0.25, 0.3) is 11.2 Å². The normalized spacial score (nSPS) is 19.0. The number of urea groups is 1. The number of benzene rings is 2. The van der Waals surface area contributed by atoms with Crippen molar-refractivity contribution < 1.29 is 75.1 Å². The number of nitrogens with one attached hydrogen (secondary N) is 4. The highest BCUT2D eigenvalue weighted by atomic mass is 32.2. The SMILES string of the molecule is C#Cc1cccc(Nc2nc[n+](Cc3ccc(NC(=O)[C@H](CCCNC(N)=O)CC(=O)[C@@H](NC(=O)CCOCCOCCOCCN4C(=O)CC(C)C4=O)C(C)C)cc3)c3c2ncn3[C@@H]2O[C@H](COS(N)(=O)=O)[C@@H](O)[C@H]2O)c1.[CH3-]. The average Bonchev–Trinajstić information content (AvgIpc) is 4.28. The zero-order valence-corrected chi connectivity index (χ0v) is 45.4. The Labute approximate surface area is 458 Å². The first-order chi connectivity index (χ1) is 37.2. The van der Waals surface area contributed by atoms with E-state index in [1.807, 2.05) is 0 Å². The van der Waals surface area contributed by atoms with Crippen LogP contribution in [0.3, 0.4) is 0 Å². The Balaban J connectivity index is 0.0000115. The van der Waals surface area contributed by atoms with Crippen molar-refractivity contribution in [1.82, 2.24) is 30.1 Å². The number of imide groups is 1. The van der Waals surface area contributed by atoms with Gasteiger partial charge in [0.1, 0.15) is 18.3 Å². The molecule has 0 radical (unpaired) electrons. The Bertz CT molecular complexity index is 2900. The first-order valence-electron chi connectivity index (χ1n) is 25.3. The van der Waals surface area contributed by atoms with Gasteiger partial charge in [-0.25, -0.2) is 24.1 Å². The Morgan fingerprint density at radius 1 is 0.975 bits per heavy atom. The number of hydrogen-bond donors (Lipinski definition) is 8. The molecule has 2 fully saturated rings. The van der Waals surface area contributed by atoms with Crippen molar-refractivity contribution in [1.29, 1.82) is 0 Å². The molecule has 79 heavy (non-hydrogen) atoms. The summed E-state index contributed by atoms with van der Waals surface area (Å²) in [6.45, 7) is 6.33. The summed E-state index contributed by atoms with van der Waals surface area (Å²) in [5.41, 5.74) is 8.28. The maximum atomic E-state index is 14.0. The average molecular weight is 1120 g/mol. The number of primary amides is 1. The topological polar surface area (TPSA) is 361 Å². The van der Waals surface area contributed by atoms with Gasteiger partial charge in [-0.3, -0.25) is 33.1 Å². The van der Waals surface area contributed by atoms with Crippen molar-refractivity contribution in [3.63, 3.8) is 0 Å². The molecule has 4 heterocycles. The number of rotatable bonds is 31. The number of nitrogens with zero attached hydrogens (tertiary/aromatic N) is 5. The number of ketones is 1. The number of fused-ring (bicyclic) bond motifs is 1. The number of amides is 6. The number of aliphatic hydroxyl groups excluding tert-OH is 2. The van der Waals surface area contributed by atoms with Crippen LogP contribution in [-0.4, -0.2) is 157 Å². The molecule has 4 aromatic rings. The van der Waals surface area contributed by atoms with E-state index < -0.39 is 71.3 Å². The fourth-order valence-corrected chi connectivity index (χ4v) is 9.05. The Kier molecular flexibility index (Phi) is 23.7. The van der Waals surface area contributed by atoms with Gasteiger partial charge in [0.25, 0.3) is 5.65 Å². The number of aliphatic hydroxyl groups is 2. The zero-order valence-electron chi connectivity index (χ0n) is 44.6. The number of likely N-dealkylation sites (tertiary alicyclic amines) is 1. The van der Waals surface area contributed by atoms with E-state index in [4.69, 9.17) is 36.2 Å². The summed E-state index contributed by atoms with van der Waals surface area (Å²) in [5, 5.41) is 38.4. The van der Waals surface area contributed by atoms with E-state index in [0.717, 1.165) is 0 Å². The smallest absolute Gasteiger partial charge is 0.333 e. The summed E-state index contributed by atoms with van der Waals surface area (Å²) < 4.78 is 53.3. The molecule has 2 saturated heterocycles. The molecule has 26 nitrogen and oxygen atoms in total. The van der Waals surface area contributed by atoms with Gasteiger partial charge in [-0.05, 0) is 54.7 Å². The van der Waals surface area contributed by atoms with E-state index in [9.17, 15) is 47.4 Å². The maximum absolute atomic E-state index is 14.0. The molecule has 0 aliphatic carbocycles. The fourth-order valence-electron chi connectivity index (χ4n) is 8.73. The lowest BCUT2D eigenvalue weighted by Gasteiger charge is -2.24. The highest BCUT2D eigenvalue weighted by molar-refractivity contribution is 7.84. The van der Waals surface area contributed by atoms with Gasteiger partial charge < -0.3 is 63.6 Å². The minimum atomic E-state index is -4.39. The molecule has 10 N–H and O–H groups in total. The second kappa shape index (κ2) is 29.8. The van der Waals surface area contributed by atoms with Crippen LogP contribution in [0.4, 0.5) is 22.0 Å². The third-order valence-electron chi connectivity index (χ3n) is 12.8. The molecular formula is C52H71N11O15S. The fraction of sp³-hybridized carbons (Fsp3) is 0.500. The van der Waals surface area contributed by atoms with Crippen LogP contribution in [-0.2, 0) is 64.0 Å². The van der Waals surface area contributed by atoms with Crippen LogP contribution in [0.1, 0.15) is 70.2 Å². The molecule has 6 rings (SSSR count). The number of hydrogen-bond acceptors (Lipinski definition) is 18. The zero-order chi connectivity index (χ0) is 56.5. The summed E-state index contributed by atoms with van der Waals surface area (Å²) in [4.78, 5) is 86.6. The van der Waals surface area contributed by atoms with Crippen molar-refractivity contribution in [2.75, 3.05) is 70.0 Å². The quantitative estimate of drug-likeness (QED) is 0.0113. The second-order valence-electron chi connectivity index (χ2n) is 19.1. The van der Waals surface area contributed by atoms with Gasteiger partial charge in [-0.2, -0.15) is 8.42 Å². The van der Waals surface area contributed by atoms with Gasteiger partial charge in [-0.15, -0.1) is 6.42 Å². The molecule has 2 aromatic carbocycles. The van der Waals surface area contributed by atoms with Crippen molar-refractivity contribution >= 4 is 74.1 Å². The molecule has 1 unspecified atom stereocenters. The standard InChI is InChI=1S/C51H67N11O15S.CH3/c1-5-33-8-6-10-37(25-33)57-46-43-48(62(30-55-43)50-45(67)44(66)39(77-50)28-76-78(53,71)72)60(29-56-46)27-34-11-13-36(14-12-34)58-47(68)35(9-7-16-54-51(52)70)26-38(63)42(31(2)3)59-40(64)15-18-73-20-22-75-23-21-74-19-17-61-41(65)24-32(4)49(61)69;/h1,6,8,10-14,25,29-32,35,39,42,44-45,50,66-67H,7,9,15-24,26-28H2,2-4H3,(H7,52,53,54,58,59,64,68,70,71,72);1H3/q;-1/p+1/t32?,35-,39-,42+,44-,45-,50-;/m1./s1. The number of aromatic nitrogens is 4. The largest absolute Gasteiger partial charge is 0.387 e. The third-order valence-corrected chi connectivity index (χ3v) is 13.3. The van der Waals surface area contributed by atoms with Gasteiger partial charge in [0.2, 0.25) is 42.0 Å². The van der Waals surface area contributed by atoms with Crippen LogP contribution in [0, 0.1) is 37.5 Å². The lowest BCUT2D eigenvalue weighted by Crippen LogP contribution is -2.45. The Morgan fingerprint density at radius 2 is 1.67 bits per heavy atom. The number of terminal acetylenes is 1. The van der Waals surface area contributed by atoms with Gasteiger partial charge in [0, 0.05) is 54.6 Å². The second-order valence-corrected chi connectivity index (χ2v) is 20.3. The Hall–Kier alpha value is -7.00. The molecule has 0 saturated carbocycles. The van der Waals surface area contributed by atoms with Crippen LogP contribution < -0.4 is 36.7 Å². The summed E-state index contributed by atoms with van der Waals surface area (Å²) in [5.74, 6) is -0.256. The number of Topliss-reactive ketones (excluding diaryl/α,β-unsaturated/α-hetero) is 1. The van der Waals surface area contributed by atoms with Crippen molar-refractivity contribution in [2.24, 2.45) is 28.6 Å². The molecule has 0 bridgehead atoms. The summed E-state index contributed by atoms with van der Waals surface area (Å²) >= 11 is 0. The van der Waals surface area contributed by atoms with Crippen LogP contribution in [0.15, 0.2) is 61.2 Å². The summed E-state index contributed by atoms with van der Waals surface area (Å²) in [6.07, 6.45) is 3.29. The van der Waals surface area contributed by atoms with E-state index in [1.54, 1.807) is 73.9 Å². The van der Waals surface area contributed by atoms with Crippen LogP contribution in [0.5, 0.6) is 0 Å². The molecule has 0 spiro atoms. The summed E-state index contributed by atoms with van der Waals surface area (Å²) in [7, 11) is -4.39. The Morgan fingerprint density at radius 3 is 2.32 bits per heavy atom. The van der Waals surface area contributed by atoms with E-state index in [-0.39, 0.29) is 122 Å². The third kappa shape index (κ3) is 18.3. The number of ether oxygens (including phenoxy) is 4. The van der Waals surface area contributed by atoms with E-state index in [1.165, 1.54) is 22.1 Å². The first kappa shape index (κ1) is 62.8. The number of carbonyl (C=O) groups is 6. The number of nitrogens with two attached hydrogens (primary N) is 2. The van der Waals surface area contributed by atoms with Crippen LogP contribution >= 0.6 is 0 Å². The highest BCUT2D eigenvalue weighted by Crippen LogP contribution is 2.33. The van der Waals surface area contributed by atoms with Crippen LogP contribution in [0.2, 0.25) is 0 Å². The van der Waals surface area contributed by atoms with Crippen molar-refractivity contribution in [2.45, 2.75) is 90.0 Å². The maximum Gasteiger partial charge on any atom is 0.333 e. The number of carbonyl (C=O) groups excluding carboxylic acids is 6. The molecule has 7 atom stereocenters. The predicted molar refractivity (Wildman–Crippen MR) is 285 cm³/mol. The van der Waals surface area contributed by atoms with E-state index in [0.29, 0.717) is 45.9 Å². The minimum Gasteiger partial charge on any atom is -0.387 e. The first-order valence-corrected chi connectivity index (χ1v) is 26.8. The van der Waals surface area contributed by atoms with Crippen molar-refractivity contribution in [3.8, 4) is 12.3 Å². The molecule has 6 amide bonds. The minimum absolute atomic E-state index is 0. The van der Waals surface area contributed by atoms with Gasteiger partial charge >= 0.3 is 16.3 Å². The molecule has 27 heteroatoms. The van der Waals surface area contributed by atoms with E-state index in [2.05, 4.69) is 41.3 Å². The van der Waals surface area contributed by atoms with Crippen molar-refractivity contribution in [3.05, 3.63) is 79.7 Å². The van der Waals surface area contributed by atoms with Gasteiger partial charge in [0.05, 0.1) is 65.4 Å². The lowest BCUT2D eigenvalue weighted by molar-refractivity contribution is -0.668. The molecule has 2 aliphatic rings. The highest BCUT2D eigenvalue weighted by Gasteiger charge is 2.47. The lowest BCUT2D eigenvalue weighted by atomic mass is 9.89. The molecule has 430 valence electrons.